The molecule has 1 aliphatic rings. The lowest BCUT2D eigenvalue weighted by Crippen LogP contribution is -2.49. The van der Waals surface area contributed by atoms with E-state index < -0.39 is 27.5 Å². The summed E-state index contributed by atoms with van der Waals surface area (Å²) in [7, 11) is -3.43. The molecule has 26 heavy (non-hydrogen) atoms. The highest BCUT2D eigenvalue weighted by Gasteiger charge is 2.28. The van der Waals surface area contributed by atoms with Crippen molar-refractivity contribution in [1.82, 2.24) is 4.31 Å². The minimum atomic E-state index is -3.43. The van der Waals surface area contributed by atoms with E-state index in [4.69, 9.17) is 0 Å². The standard InChI is InChI=1S/C18H19F3N2O2S/c19-15-6-7-16(18(21)17(15)20)22-9-11-23(12-10-22)26(24,25)13-8-14-4-2-1-3-5-14/h1-7H,8-13H2. The van der Waals surface area contributed by atoms with E-state index in [-0.39, 0.29) is 37.6 Å². The van der Waals surface area contributed by atoms with Crippen molar-refractivity contribution in [2.75, 3.05) is 36.8 Å². The van der Waals surface area contributed by atoms with Crippen molar-refractivity contribution in [3.8, 4) is 0 Å². The quantitative estimate of drug-likeness (QED) is 0.745. The molecule has 1 aliphatic heterocycles. The first kappa shape index (κ1) is 18.7. The number of hydrogen-bond donors (Lipinski definition) is 0. The molecule has 0 aliphatic carbocycles. The zero-order valence-electron chi connectivity index (χ0n) is 14.0. The number of sulfonamides is 1. The van der Waals surface area contributed by atoms with Gasteiger partial charge in [0, 0.05) is 26.2 Å². The van der Waals surface area contributed by atoms with Gasteiger partial charge in [0.25, 0.3) is 0 Å². The molecule has 0 amide bonds. The first-order chi connectivity index (χ1) is 12.4. The highest BCUT2D eigenvalue weighted by Crippen LogP contribution is 2.25. The van der Waals surface area contributed by atoms with Crippen molar-refractivity contribution in [1.29, 1.82) is 0 Å². The van der Waals surface area contributed by atoms with E-state index in [2.05, 4.69) is 0 Å². The number of hydrogen-bond acceptors (Lipinski definition) is 3. The SMILES string of the molecule is O=S(=O)(CCc1ccccc1)N1CCN(c2ccc(F)c(F)c2F)CC1. The molecular formula is C18H19F3N2O2S. The molecule has 1 saturated heterocycles. The lowest BCUT2D eigenvalue weighted by molar-refractivity contribution is 0.380. The monoisotopic (exact) mass is 384 g/mol. The van der Waals surface area contributed by atoms with Gasteiger partial charge in [-0.1, -0.05) is 30.3 Å². The van der Waals surface area contributed by atoms with Crippen molar-refractivity contribution >= 4 is 15.7 Å². The van der Waals surface area contributed by atoms with Crippen molar-refractivity contribution in [2.24, 2.45) is 0 Å². The lowest BCUT2D eigenvalue weighted by Gasteiger charge is -2.35. The summed E-state index contributed by atoms with van der Waals surface area (Å²) >= 11 is 0. The Morgan fingerprint density at radius 1 is 0.846 bits per heavy atom. The number of halogens is 3. The summed E-state index contributed by atoms with van der Waals surface area (Å²) in [4.78, 5) is 1.53. The Kier molecular flexibility index (Phi) is 5.52. The molecule has 140 valence electrons. The molecule has 0 radical (unpaired) electrons. The zero-order valence-corrected chi connectivity index (χ0v) is 14.9. The Balaban J connectivity index is 1.62. The van der Waals surface area contributed by atoms with Crippen LogP contribution in [0.5, 0.6) is 0 Å². The van der Waals surface area contributed by atoms with Crippen LogP contribution in [0.3, 0.4) is 0 Å². The van der Waals surface area contributed by atoms with Gasteiger partial charge in [0.1, 0.15) is 0 Å². The van der Waals surface area contributed by atoms with Crippen LogP contribution < -0.4 is 4.90 Å². The van der Waals surface area contributed by atoms with Gasteiger partial charge in [-0.25, -0.2) is 21.6 Å². The molecule has 4 nitrogen and oxygen atoms in total. The Morgan fingerprint density at radius 2 is 1.50 bits per heavy atom. The third-order valence-corrected chi connectivity index (χ3v) is 6.35. The average Bonchev–Trinajstić information content (AvgIpc) is 2.66. The number of piperazine rings is 1. The van der Waals surface area contributed by atoms with E-state index >= 15 is 0 Å². The topological polar surface area (TPSA) is 40.6 Å². The molecule has 0 saturated carbocycles. The number of anilines is 1. The highest BCUT2D eigenvalue weighted by atomic mass is 32.2. The van der Waals surface area contributed by atoms with Gasteiger partial charge in [-0.05, 0) is 24.1 Å². The first-order valence-electron chi connectivity index (χ1n) is 8.28. The fraction of sp³-hybridized carbons (Fsp3) is 0.333. The molecule has 1 fully saturated rings. The maximum absolute atomic E-state index is 13.9. The second-order valence-corrected chi connectivity index (χ2v) is 8.22. The van der Waals surface area contributed by atoms with Gasteiger partial charge in [0.05, 0.1) is 11.4 Å². The molecular weight excluding hydrogens is 365 g/mol. The predicted molar refractivity (Wildman–Crippen MR) is 94.0 cm³/mol. The lowest BCUT2D eigenvalue weighted by atomic mass is 10.2. The van der Waals surface area contributed by atoms with Crippen LogP contribution in [-0.4, -0.2) is 44.7 Å². The van der Waals surface area contributed by atoms with Crippen LogP contribution >= 0.6 is 0 Å². The van der Waals surface area contributed by atoms with E-state index in [1.807, 2.05) is 30.3 Å². The minimum Gasteiger partial charge on any atom is -0.366 e. The first-order valence-corrected chi connectivity index (χ1v) is 9.89. The molecule has 0 bridgehead atoms. The summed E-state index contributed by atoms with van der Waals surface area (Å²) in [6.45, 7) is 0.782. The van der Waals surface area contributed by atoms with Crippen molar-refractivity contribution in [3.63, 3.8) is 0 Å². The van der Waals surface area contributed by atoms with Crippen LogP contribution in [0.25, 0.3) is 0 Å². The van der Waals surface area contributed by atoms with Crippen LogP contribution in [-0.2, 0) is 16.4 Å². The van der Waals surface area contributed by atoms with Gasteiger partial charge in [0.2, 0.25) is 10.0 Å². The van der Waals surface area contributed by atoms with Gasteiger partial charge < -0.3 is 4.90 Å². The molecule has 2 aromatic rings. The third kappa shape index (κ3) is 4.02. The van der Waals surface area contributed by atoms with Crippen molar-refractivity contribution < 1.29 is 21.6 Å². The molecule has 0 unspecified atom stereocenters. The fourth-order valence-corrected chi connectivity index (χ4v) is 4.46. The van der Waals surface area contributed by atoms with E-state index in [1.54, 1.807) is 0 Å². The fourth-order valence-electron chi connectivity index (χ4n) is 2.99. The predicted octanol–water partition coefficient (Wildman–Crippen LogP) is 2.80. The molecule has 0 spiro atoms. The van der Waals surface area contributed by atoms with Gasteiger partial charge in [-0.2, -0.15) is 4.31 Å². The second kappa shape index (κ2) is 7.67. The van der Waals surface area contributed by atoms with Crippen LogP contribution in [0.4, 0.5) is 18.9 Å². The Morgan fingerprint density at radius 3 is 2.15 bits per heavy atom. The van der Waals surface area contributed by atoms with E-state index in [1.165, 1.54) is 15.3 Å². The molecule has 3 rings (SSSR count). The number of nitrogens with zero attached hydrogens (tertiary/aromatic N) is 2. The van der Waals surface area contributed by atoms with Crippen molar-refractivity contribution in [3.05, 3.63) is 65.5 Å². The molecule has 1 heterocycles. The second-order valence-electron chi connectivity index (χ2n) is 6.13. The number of aryl methyl sites for hydroxylation is 1. The van der Waals surface area contributed by atoms with Crippen LogP contribution in [0.2, 0.25) is 0 Å². The third-order valence-electron chi connectivity index (χ3n) is 4.48. The molecule has 0 N–H and O–H groups in total. The normalized spacial score (nSPS) is 16.0. The van der Waals surface area contributed by atoms with Crippen molar-refractivity contribution in [2.45, 2.75) is 6.42 Å². The summed E-state index contributed by atoms with van der Waals surface area (Å²) in [5.41, 5.74) is 0.892. The molecule has 0 aromatic heterocycles. The summed E-state index contributed by atoms with van der Waals surface area (Å²) in [5, 5.41) is 0. The van der Waals surface area contributed by atoms with Gasteiger partial charge >= 0.3 is 0 Å². The maximum Gasteiger partial charge on any atom is 0.214 e. The Labute approximate surface area is 150 Å². The highest BCUT2D eigenvalue weighted by molar-refractivity contribution is 7.89. The van der Waals surface area contributed by atoms with Crippen LogP contribution in [0.1, 0.15) is 5.56 Å². The van der Waals surface area contributed by atoms with E-state index in [0.717, 1.165) is 11.6 Å². The minimum absolute atomic E-state index is 0.00342. The smallest absolute Gasteiger partial charge is 0.214 e. The molecule has 8 heteroatoms. The number of rotatable bonds is 5. The maximum atomic E-state index is 13.9. The van der Waals surface area contributed by atoms with Crippen LogP contribution in [0, 0.1) is 17.5 Å². The van der Waals surface area contributed by atoms with E-state index in [0.29, 0.717) is 6.42 Å². The summed E-state index contributed by atoms with van der Waals surface area (Å²) in [6.07, 6.45) is 0.418. The van der Waals surface area contributed by atoms with Gasteiger partial charge in [-0.3, -0.25) is 0 Å². The zero-order chi connectivity index (χ0) is 18.7. The summed E-state index contributed by atoms with van der Waals surface area (Å²) in [6, 6.07) is 11.4. The summed E-state index contributed by atoms with van der Waals surface area (Å²) < 4.78 is 66.7. The Hall–Kier alpha value is -2.06. The summed E-state index contributed by atoms with van der Waals surface area (Å²) in [5.74, 6) is -4.00. The van der Waals surface area contributed by atoms with Gasteiger partial charge in [0.15, 0.2) is 17.5 Å². The molecule has 0 atom stereocenters. The van der Waals surface area contributed by atoms with Crippen LogP contribution in [0.15, 0.2) is 42.5 Å². The number of benzene rings is 2. The molecule has 2 aromatic carbocycles. The van der Waals surface area contributed by atoms with E-state index in [9.17, 15) is 21.6 Å². The Bertz CT molecular complexity index is 868. The van der Waals surface area contributed by atoms with Gasteiger partial charge in [-0.15, -0.1) is 0 Å². The largest absolute Gasteiger partial charge is 0.366 e. The average molecular weight is 384 g/mol.